The van der Waals surface area contributed by atoms with E-state index in [4.69, 9.17) is 16.3 Å². The van der Waals surface area contributed by atoms with Gasteiger partial charge in [0.25, 0.3) is 0 Å². The number of anilines is 1. The van der Waals surface area contributed by atoms with Gasteiger partial charge < -0.3 is 10.1 Å². The zero-order valence-electron chi connectivity index (χ0n) is 14.0. The first-order valence-corrected chi connectivity index (χ1v) is 8.57. The van der Waals surface area contributed by atoms with E-state index < -0.39 is 5.82 Å². The quantitative estimate of drug-likeness (QED) is 0.863. The second-order valence-electron chi connectivity index (χ2n) is 6.07. The number of rotatable bonds is 5. The lowest BCUT2D eigenvalue weighted by Crippen LogP contribution is -2.33. The van der Waals surface area contributed by atoms with Crippen LogP contribution in [0.1, 0.15) is 24.4 Å². The molecule has 3 rings (SSSR count). The first-order chi connectivity index (χ1) is 12.1. The molecule has 6 heteroatoms. The van der Waals surface area contributed by atoms with E-state index in [0.717, 1.165) is 25.1 Å². The van der Waals surface area contributed by atoms with Crippen molar-refractivity contribution >= 4 is 23.2 Å². The molecule has 25 heavy (non-hydrogen) atoms. The van der Waals surface area contributed by atoms with Gasteiger partial charge in [0, 0.05) is 6.04 Å². The Balaban J connectivity index is 1.65. The van der Waals surface area contributed by atoms with Gasteiger partial charge in [0.05, 0.1) is 24.4 Å². The summed E-state index contributed by atoms with van der Waals surface area (Å²) in [7, 11) is 1.64. The third-order valence-corrected chi connectivity index (χ3v) is 4.73. The number of carbonyl (C=O) groups is 1. The summed E-state index contributed by atoms with van der Waals surface area (Å²) in [4.78, 5) is 14.5. The van der Waals surface area contributed by atoms with Crippen molar-refractivity contribution in [1.29, 1.82) is 0 Å². The molecule has 0 aliphatic carbocycles. The summed E-state index contributed by atoms with van der Waals surface area (Å²) in [6, 6.07) is 12.1. The summed E-state index contributed by atoms with van der Waals surface area (Å²) >= 11 is 5.96. The zero-order valence-corrected chi connectivity index (χ0v) is 14.7. The third kappa shape index (κ3) is 4.30. The van der Waals surface area contributed by atoms with Crippen LogP contribution >= 0.6 is 11.6 Å². The van der Waals surface area contributed by atoms with Crippen LogP contribution in [0.4, 0.5) is 10.1 Å². The Morgan fingerprint density at radius 3 is 2.76 bits per heavy atom. The number of amides is 1. The number of ether oxygens (including phenoxy) is 1. The lowest BCUT2D eigenvalue weighted by Gasteiger charge is -2.24. The molecule has 1 fully saturated rings. The molecule has 1 N–H and O–H groups in total. The highest BCUT2D eigenvalue weighted by Gasteiger charge is 2.27. The Bertz CT molecular complexity index is 752. The minimum absolute atomic E-state index is 0.158. The molecular formula is C19H20ClFN2O2. The Kier molecular flexibility index (Phi) is 5.56. The van der Waals surface area contributed by atoms with E-state index in [1.54, 1.807) is 7.11 Å². The molecule has 1 saturated heterocycles. The van der Waals surface area contributed by atoms with Gasteiger partial charge in [-0.1, -0.05) is 23.7 Å². The minimum Gasteiger partial charge on any atom is -0.497 e. The molecule has 2 aromatic rings. The van der Waals surface area contributed by atoms with Crippen molar-refractivity contribution in [2.24, 2.45) is 0 Å². The van der Waals surface area contributed by atoms with Crippen LogP contribution in [0, 0.1) is 5.82 Å². The van der Waals surface area contributed by atoms with Crippen LogP contribution in [0.2, 0.25) is 5.02 Å². The molecule has 0 radical (unpaired) electrons. The number of methoxy groups -OCH3 is 1. The lowest BCUT2D eigenvalue weighted by atomic mass is 10.0. The predicted molar refractivity (Wildman–Crippen MR) is 96.6 cm³/mol. The van der Waals surface area contributed by atoms with E-state index in [1.807, 2.05) is 24.3 Å². The largest absolute Gasteiger partial charge is 0.497 e. The van der Waals surface area contributed by atoms with Crippen molar-refractivity contribution in [3.63, 3.8) is 0 Å². The van der Waals surface area contributed by atoms with E-state index in [0.29, 0.717) is 5.69 Å². The highest BCUT2D eigenvalue weighted by molar-refractivity contribution is 6.33. The smallest absolute Gasteiger partial charge is 0.238 e. The Morgan fingerprint density at radius 1 is 1.32 bits per heavy atom. The number of benzene rings is 2. The third-order valence-electron chi connectivity index (χ3n) is 4.42. The molecule has 0 bridgehead atoms. The predicted octanol–water partition coefficient (Wildman–Crippen LogP) is 4.26. The topological polar surface area (TPSA) is 41.6 Å². The Hall–Kier alpha value is -2.11. The molecule has 1 aliphatic heterocycles. The Morgan fingerprint density at radius 2 is 2.08 bits per heavy atom. The van der Waals surface area contributed by atoms with E-state index in [9.17, 15) is 9.18 Å². The summed E-state index contributed by atoms with van der Waals surface area (Å²) in [5.41, 5.74) is 1.60. The van der Waals surface area contributed by atoms with E-state index in [-0.39, 0.29) is 23.5 Å². The second kappa shape index (κ2) is 7.85. The van der Waals surface area contributed by atoms with Crippen LogP contribution in [0.25, 0.3) is 0 Å². The van der Waals surface area contributed by atoms with Crippen LogP contribution < -0.4 is 10.1 Å². The van der Waals surface area contributed by atoms with Gasteiger partial charge >= 0.3 is 0 Å². The lowest BCUT2D eigenvalue weighted by molar-refractivity contribution is -0.117. The van der Waals surface area contributed by atoms with Gasteiger partial charge in [-0.15, -0.1) is 0 Å². The highest BCUT2D eigenvalue weighted by Crippen LogP contribution is 2.32. The fourth-order valence-electron chi connectivity index (χ4n) is 3.18. The van der Waals surface area contributed by atoms with Crippen LogP contribution in [0.5, 0.6) is 5.75 Å². The normalized spacial score (nSPS) is 17.5. The molecule has 4 nitrogen and oxygen atoms in total. The molecule has 2 aromatic carbocycles. The fourth-order valence-corrected chi connectivity index (χ4v) is 3.40. The van der Waals surface area contributed by atoms with E-state index in [2.05, 4.69) is 10.2 Å². The van der Waals surface area contributed by atoms with Gasteiger partial charge in [0.1, 0.15) is 11.6 Å². The number of nitrogens with zero attached hydrogens (tertiary/aromatic N) is 1. The summed E-state index contributed by atoms with van der Waals surface area (Å²) in [6.07, 6.45) is 2.05. The first-order valence-electron chi connectivity index (χ1n) is 8.19. The SMILES string of the molecule is COc1ccc(C2CCCN2CC(=O)Nc2ccc(F)cc2Cl)cc1. The summed E-state index contributed by atoms with van der Waals surface area (Å²) < 4.78 is 18.3. The molecule has 0 aromatic heterocycles. The van der Waals surface area contributed by atoms with Crippen molar-refractivity contribution in [2.75, 3.05) is 25.5 Å². The number of halogens is 2. The molecule has 0 saturated carbocycles. The monoisotopic (exact) mass is 362 g/mol. The van der Waals surface area contributed by atoms with Crippen LogP contribution in [-0.4, -0.2) is 31.0 Å². The maximum absolute atomic E-state index is 13.1. The second-order valence-corrected chi connectivity index (χ2v) is 6.48. The fraction of sp³-hybridized carbons (Fsp3) is 0.316. The number of nitrogens with one attached hydrogen (secondary N) is 1. The standard InChI is InChI=1S/C19H20ClFN2O2/c1-25-15-7-4-13(5-8-15)18-3-2-10-23(18)12-19(24)22-17-9-6-14(21)11-16(17)20/h4-9,11,18H,2-3,10,12H2,1H3,(H,22,24). The summed E-state index contributed by atoms with van der Waals surface area (Å²) in [5.74, 6) is 0.230. The molecule has 1 aliphatic rings. The van der Waals surface area contributed by atoms with Crippen molar-refractivity contribution in [3.05, 3.63) is 58.9 Å². The number of hydrogen-bond acceptors (Lipinski definition) is 3. The minimum atomic E-state index is -0.429. The number of likely N-dealkylation sites (tertiary alicyclic amines) is 1. The molecule has 1 atom stereocenters. The Labute approximate surface area is 151 Å². The first kappa shape index (κ1) is 17.7. The molecule has 1 heterocycles. The highest BCUT2D eigenvalue weighted by atomic mass is 35.5. The molecular weight excluding hydrogens is 343 g/mol. The van der Waals surface area contributed by atoms with Crippen molar-refractivity contribution in [2.45, 2.75) is 18.9 Å². The van der Waals surface area contributed by atoms with Gasteiger partial charge in [-0.05, 0) is 55.3 Å². The van der Waals surface area contributed by atoms with Crippen LogP contribution in [-0.2, 0) is 4.79 Å². The summed E-state index contributed by atoms with van der Waals surface area (Å²) in [5, 5.41) is 2.95. The van der Waals surface area contributed by atoms with Gasteiger partial charge in [-0.25, -0.2) is 4.39 Å². The molecule has 1 unspecified atom stereocenters. The van der Waals surface area contributed by atoms with Crippen molar-refractivity contribution in [1.82, 2.24) is 4.90 Å². The average molecular weight is 363 g/mol. The average Bonchev–Trinajstić information content (AvgIpc) is 3.05. The van der Waals surface area contributed by atoms with Gasteiger partial charge in [-0.3, -0.25) is 9.69 Å². The van der Waals surface area contributed by atoms with Crippen LogP contribution in [0.3, 0.4) is 0 Å². The van der Waals surface area contributed by atoms with Crippen LogP contribution in [0.15, 0.2) is 42.5 Å². The van der Waals surface area contributed by atoms with E-state index >= 15 is 0 Å². The maximum Gasteiger partial charge on any atom is 0.238 e. The molecule has 0 spiro atoms. The number of hydrogen-bond donors (Lipinski definition) is 1. The molecule has 1 amide bonds. The van der Waals surface area contributed by atoms with Crippen molar-refractivity contribution < 1.29 is 13.9 Å². The number of carbonyl (C=O) groups excluding carboxylic acids is 1. The van der Waals surface area contributed by atoms with Gasteiger partial charge in [0.2, 0.25) is 5.91 Å². The van der Waals surface area contributed by atoms with Gasteiger partial charge in [0.15, 0.2) is 0 Å². The van der Waals surface area contributed by atoms with Gasteiger partial charge in [-0.2, -0.15) is 0 Å². The zero-order chi connectivity index (χ0) is 17.8. The van der Waals surface area contributed by atoms with E-state index in [1.165, 1.54) is 23.8 Å². The van der Waals surface area contributed by atoms with Crippen molar-refractivity contribution in [3.8, 4) is 5.75 Å². The summed E-state index contributed by atoms with van der Waals surface area (Å²) in [6.45, 7) is 1.13. The maximum atomic E-state index is 13.1. The molecule has 132 valence electrons.